The minimum atomic E-state index is -0.844. The average molecular weight is 305 g/mol. The number of ether oxygens (including phenoxy) is 3. The fourth-order valence-electron chi connectivity index (χ4n) is 2.63. The number of amides is 1. The second-order valence-corrected chi connectivity index (χ2v) is 5.48. The van der Waals surface area contributed by atoms with Crippen LogP contribution in [0.3, 0.4) is 0 Å². The Hall–Kier alpha value is -2.24. The quantitative estimate of drug-likeness (QED) is 0.789. The molecule has 118 valence electrons. The van der Waals surface area contributed by atoms with Gasteiger partial charge in [-0.25, -0.2) is 4.79 Å². The summed E-state index contributed by atoms with van der Waals surface area (Å²) in [5.74, 6) is 0.388. The number of rotatable bonds is 3. The third-order valence-corrected chi connectivity index (χ3v) is 3.83. The number of hydrogen-bond donors (Lipinski definition) is 0. The van der Waals surface area contributed by atoms with Gasteiger partial charge in [-0.05, 0) is 31.9 Å². The van der Waals surface area contributed by atoms with Crippen LogP contribution in [0.25, 0.3) is 0 Å². The first-order valence-electron chi connectivity index (χ1n) is 7.53. The zero-order chi connectivity index (χ0) is 15.5. The summed E-state index contributed by atoms with van der Waals surface area (Å²) in [6.07, 6.45) is 0.362. The monoisotopic (exact) mass is 305 g/mol. The van der Waals surface area contributed by atoms with Crippen LogP contribution in [0, 0.1) is 0 Å². The van der Waals surface area contributed by atoms with Gasteiger partial charge in [0.1, 0.15) is 6.61 Å². The Labute approximate surface area is 128 Å². The molecule has 2 aliphatic rings. The molecule has 6 nitrogen and oxygen atoms in total. The molecular formula is C16H19NO5. The molecule has 2 aliphatic heterocycles. The van der Waals surface area contributed by atoms with E-state index in [1.165, 1.54) is 0 Å². The van der Waals surface area contributed by atoms with E-state index in [4.69, 9.17) is 14.2 Å². The van der Waals surface area contributed by atoms with Crippen molar-refractivity contribution in [3.8, 4) is 11.5 Å². The Balaban J connectivity index is 1.57. The summed E-state index contributed by atoms with van der Waals surface area (Å²) in [5.41, 5.74) is 0. The van der Waals surface area contributed by atoms with Crippen LogP contribution >= 0.6 is 0 Å². The van der Waals surface area contributed by atoms with Gasteiger partial charge in [0.05, 0.1) is 0 Å². The van der Waals surface area contributed by atoms with E-state index in [-0.39, 0.29) is 12.5 Å². The minimum Gasteiger partial charge on any atom is -0.485 e. The Morgan fingerprint density at radius 3 is 2.64 bits per heavy atom. The molecule has 0 spiro atoms. The average Bonchev–Trinajstić information content (AvgIpc) is 3.08. The molecule has 1 aromatic carbocycles. The largest absolute Gasteiger partial charge is 0.485 e. The fourth-order valence-corrected chi connectivity index (χ4v) is 2.63. The van der Waals surface area contributed by atoms with Crippen LogP contribution in [0.4, 0.5) is 0 Å². The van der Waals surface area contributed by atoms with Crippen molar-refractivity contribution in [1.82, 2.24) is 4.90 Å². The first-order chi connectivity index (χ1) is 10.6. The molecule has 0 aromatic heterocycles. The highest BCUT2D eigenvalue weighted by molar-refractivity contribution is 5.85. The number of hydrogen-bond acceptors (Lipinski definition) is 5. The number of carbonyl (C=O) groups excluding carboxylic acids is 2. The van der Waals surface area contributed by atoms with Gasteiger partial charge in [-0.3, -0.25) is 4.79 Å². The highest BCUT2D eigenvalue weighted by atomic mass is 16.6. The topological polar surface area (TPSA) is 65.1 Å². The van der Waals surface area contributed by atoms with E-state index in [0.717, 1.165) is 25.9 Å². The van der Waals surface area contributed by atoms with Gasteiger partial charge >= 0.3 is 5.97 Å². The van der Waals surface area contributed by atoms with Crippen molar-refractivity contribution in [2.24, 2.45) is 0 Å². The Morgan fingerprint density at radius 2 is 1.91 bits per heavy atom. The maximum atomic E-state index is 12.1. The minimum absolute atomic E-state index is 0.0838. The van der Waals surface area contributed by atoms with Gasteiger partial charge in [0.15, 0.2) is 17.6 Å². The van der Waals surface area contributed by atoms with Crippen LogP contribution in [0.2, 0.25) is 0 Å². The lowest BCUT2D eigenvalue weighted by molar-refractivity contribution is -0.166. The fraction of sp³-hybridized carbons (Fsp3) is 0.500. The highest BCUT2D eigenvalue weighted by Crippen LogP contribution is 2.31. The molecule has 6 heteroatoms. The van der Waals surface area contributed by atoms with Crippen molar-refractivity contribution in [2.75, 3.05) is 19.7 Å². The maximum Gasteiger partial charge on any atom is 0.351 e. The third kappa shape index (κ3) is 3.00. The van der Waals surface area contributed by atoms with E-state index < -0.39 is 18.2 Å². The number of esters is 1. The first-order valence-corrected chi connectivity index (χ1v) is 7.53. The van der Waals surface area contributed by atoms with Gasteiger partial charge in [-0.15, -0.1) is 0 Å². The summed E-state index contributed by atoms with van der Waals surface area (Å²) in [6.45, 7) is 3.14. The molecule has 22 heavy (non-hydrogen) atoms. The molecule has 1 saturated heterocycles. The zero-order valence-electron chi connectivity index (χ0n) is 12.5. The summed E-state index contributed by atoms with van der Waals surface area (Å²) in [6, 6.07) is 7.14. The molecule has 1 fully saturated rings. The smallest absolute Gasteiger partial charge is 0.351 e. The van der Waals surface area contributed by atoms with Gasteiger partial charge in [0.25, 0.3) is 5.91 Å². The molecule has 0 saturated carbocycles. The van der Waals surface area contributed by atoms with Crippen molar-refractivity contribution in [3.63, 3.8) is 0 Å². The lowest BCUT2D eigenvalue weighted by Gasteiger charge is -2.26. The Bertz CT molecular complexity index is 567. The number of carbonyl (C=O) groups is 2. The highest BCUT2D eigenvalue weighted by Gasteiger charge is 2.32. The van der Waals surface area contributed by atoms with Crippen LogP contribution in [-0.2, 0) is 14.3 Å². The number of likely N-dealkylation sites (tertiary alicyclic amines) is 1. The van der Waals surface area contributed by atoms with Crippen molar-refractivity contribution in [2.45, 2.75) is 32.0 Å². The SMILES string of the molecule is C[C@H](OC(=O)[C@H]1COc2ccccc2O1)C(=O)N1CCCC1. The Kier molecular flexibility index (Phi) is 4.18. The van der Waals surface area contributed by atoms with Gasteiger partial charge in [0.2, 0.25) is 6.10 Å². The summed E-state index contributed by atoms with van der Waals surface area (Å²) < 4.78 is 16.3. The second kappa shape index (κ2) is 6.25. The molecule has 2 atom stereocenters. The summed E-state index contributed by atoms with van der Waals surface area (Å²) in [4.78, 5) is 26.0. The standard InChI is InChI=1S/C16H19NO5/c1-11(15(18)17-8-4-5-9-17)21-16(19)14-10-20-12-6-2-3-7-13(12)22-14/h2-3,6-7,11,14H,4-5,8-10H2,1H3/t11-,14+/m0/s1. The Morgan fingerprint density at radius 1 is 1.23 bits per heavy atom. The summed E-state index contributed by atoms with van der Waals surface area (Å²) >= 11 is 0. The van der Waals surface area contributed by atoms with Crippen LogP contribution in [-0.4, -0.2) is 48.7 Å². The third-order valence-electron chi connectivity index (χ3n) is 3.83. The van der Waals surface area contributed by atoms with E-state index >= 15 is 0 Å². The predicted octanol–water partition coefficient (Wildman–Crippen LogP) is 1.38. The number of fused-ring (bicyclic) bond motifs is 1. The predicted molar refractivity (Wildman–Crippen MR) is 77.7 cm³/mol. The maximum absolute atomic E-state index is 12.1. The zero-order valence-corrected chi connectivity index (χ0v) is 12.5. The molecule has 0 radical (unpaired) electrons. The van der Waals surface area contributed by atoms with Crippen LogP contribution in [0.15, 0.2) is 24.3 Å². The molecular weight excluding hydrogens is 286 g/mol. The summed E-state index contributed by atoms with van der Waals surface area (Å²) in [5, 5.41) is 0. The molecule has 0 bridgehead atoms. The lowest BCUT2D eigenvalue weighted by atomic mass is 10.2. The van der Waals surface area contributed by atoms with Crippen molar-refractivity contribution in [1.29, 1.82) is 0 Å². The van der Waals surface area contributed by atoms with Crippen LogP contribution in [0.1, 0.15) is 19.8 Å². The van der Waals surface area contributed by atoms with E-state index in [1.54, 1.807) is 30.0 Å². The lowest BCUT2D eigenvalue weighted by Crippen LogP contribution is -2.43. The van der Waals surface area contributed by atoms with Gasteiger partial charge in [-0.1, -0.05) is 12.1 Å². The van der Waals surface area contributed by atoms with Crippen LogP contribution < -0.4 is 9.47 Å². The van der Waals surface area contributed by atoms with Crippen LogP contribution in [0.5, 0.6) is 11.5 Å². The second-order valence-electron chi connectivity index (χ2n) is 5.48. The molecule has 0 aliphatic carbocycles. The molecule has 3 rings (SSSR count). The van der Waals surface area contributed by atoms with E-state index in [1.807, 2.05) is 6.07 Å². The molecule has 0 N–H and O–H groups in total. The molecule has 0 unspecified atom stereocenters. The van der Waals surface area contributed by atoms with Gasteiger partial charge in [-0.2, -0.15) is 0 Å². The van der Waals surface area contributed by atoms with Gasteiger partial charge < -0.3 is 19.1 Å². The normalized spacial score (nSPS) is 21.3. The van der Waals surface area contributed by atoms with Crippen molar-refractivity contribution in [3.05, 3.63) is 24.3 Å². The molecule has 1 amide bonds. The van der Waals surface area contributed by atoms with E-state index in [2.05, 4.69) is 0 Å². The molecule has 1 aromatic rings. The van der Waals surface area contributed by atoms with E-state index in [9.17, 15) is 9.59 Å². The summed E-state index contributed by atoms with van der Waals surface area (Å²) in [7, 11) is 0. The number of benzene rings is 1. The van der Waals surface area contributed by atoms with E-state index in [0.29, 0.717) is 11.5 Å². The number of para-hydroxylation sites is 2. The molecule has 2 heterocycles. The first kappa shape index (κ1) is 14.7. The van der Waals surface area contributed by atoms with Crippen molar-refractivity contribution >= 4 is 11.9 Å². The number of nitrogens with zero attached hydrogens (tertiary/aromatic N) is 1. The van der Waals surface area contributed by atoms with Crippen molar-refractivity contribution < 1.29 is 23.8 Å². The van der Waals surface area contributed by atoms with Gasteiger partial charge in [0, 0.05) is 13.1 Å².